The van der Waals surface area contributed by atoms with Crippen LogP contribution in [-0.2, 0) is 11.2 Å². The number of ether oxygens (including phenoxy) is 1. The fourth-order valence-corrected chi connectivity index (χ4v) is 2.01. The van der Waals surface area contributed by atoms with Crippen LogP contribution < -0.4 is 5.73 Å². The number of benzene rings is 1. The van der Waals surface area contributed by atoms with Crippen LogP contribution >= 0.6 is 0 Å². The molecule has 2 aromatic rings. The maximum atomic E-state index is 5.74. The average Bonchev–Trinajstić information content (AvgIpc) is 2.78. The second-order valence-corrected chi connectivity index (χ2v) is 4.87. The van der Waals surface area contributed by atoms with Crippen molar-refractivity contribution in [3.8, 4) is 0 Å². The smallest absolute Gasteiger partial charge is 0.231 e. The standard InChI is InChI=1S/C14H19N3O2/c1-9(2)13(18-3)14-16-12(19-17-14)8-10-5-4-6-11(15)7-10/h4-7,9,13H,8,15H2,1-3H3. The van der Waals surface area contributed by atoms with Gasteiger partial charge < -0.3 is 15.0 Å². The molecule has 1 aromatic carbocycles. The molecule has 0 aliphatic rings. The van der Waals surface area contributed by atoms with Gasteiger partial charge in [-0.25, -0.2) is 0 Å². The molecular formula is C14H19N3O2. The Hall–Kier alpha value is -1.88. The molecule has 1 aromatic heterocycles. The molecule has 0 radical (unpaired) electrons. The summed E-state index contributed by atoms with van der Waals surface area (Å²) in [6.07, 6.45) is 0.436. The van der Waals surface area contributed by atoms with E-state index in [2.05, 4.69) is 24.0 Å². The minimum absolute atomic E-state index is 0.140. The summed E-state index contributed by atoms with van der Waals surface area (Å²) in [4.78, 5) is 4.38. The predicted molar refractivity (Wildman–Crippen MR) is 72.5 cm³/mol. The Bertz CT molecular complexity index is 537. The van der Waals surface area contributed by atoms with Crippen molar-refractivity contribution in [1.82, 2.24) is 10.1 Å². The Labute approximate surface area is 112 Å². The highest BCUT2D eigenvalue weighted by Gasteiger charge is 2.21. The first-order valence-corrected chi connectivity index (χ1v) is 6.30. The van der Waals surface area contributed by atoms with Gasteiger partial charge in [-0.1, -0.05) is 31.1 Å². The molecular weight excluding hydrogens is 242 g/mol. The second kappa shape index (κ2) is 5.84. The zero-order chi connectivity index (χ0) is 13.8. The number of nitrogens with zero attached hydrogens (tertiary/aromatic N) is 2. The molecule has 2 N–H and O–H groups in total. The van der Waals surface area contributed by atoms with Gasteiger partial charge in [0, 0.05) is 12.8 Å². The lowest BCUT2D eigenvalue weighted by molar-refractivity contribution is 0.0555. The van der Waals surface area contributed by atoms with Crippen molar-refractivity contribution >= 4 is 5.69 Å². The van der Waals surface area contributed by atoms with Crippen molar-refractivity contribution in [2.75, 3.05) is 12.8 Å². The van der Waals surface area contributed by atoms with Gasteiger partial charge in [-0.2, -0.15) is 4.98 Å². The molecule has 2 rings (SSSR count). The highest BCUT2D eigenvalue weighted by atomic mass is 16.5. The van der Waals surface area contributed by atoms with Gasteiger partial charge in [0.15, 0.2) is 0 Å². The van der Waals surface area contributed by atoms with Crippen molar-refractivity contribution in [2.45, 2.75) is 26.4 Å². The van der Waals surface area contributed by atoms with Crippen molar-refractivity contribution < 1.29 is 9.26 Å². The average molecular weight is 261 g/mol. The van der Waals surface area contributed by atoms with Gasteiger partial charge in [0.05, 0.1) is 6.42 Å². The molecule has 5 nitrogen and oxygen atoms in total. The number of rotatable bonds is 5. The third-order valence-corrected chi connectivity index (χ3v) is 2.90. The number of methoxy groups -OCH3 is 1. The zero-order valence-corrected chi connectivity index (χ0v) is 11.5. The maximum Gasteiger partial charge on any atom is 0.231 e. The molecule has 0 amide bonds. The number of anilines is 1. The van der Waals surface area contributed by atoms with Gasteiger partial charge in [0.2, 0.25) is 11.7 Å². The van der Waals surface area contributed by atoms with Crippen molar-refractivity contribution in [3.63, 3.8) is 0 Å². The van der Waals surface area contributed by atoms with Crippen molar-refractivity contribution in [1.29, 1.82) is 0 Å². The quantitative estimate of drug-likeness (QED) is 0.837. The van der Waals surface area contributed by atoms with E-state index in [1.807, 2.05) is 24.3 Å². The van der Waals surface area contributed by atoms with E-state index in [0.717, 1.165) is 11.3 Å². The predicted octanol–water partition coefficient (Wildman–Crippen LogP) is 2.59. The molecule has 1 atom stereocenters. The first kappa shape index (κ1) is 13.5. The summed E-state index contributed by atoms with van der Waals surface area (Å²) in [6.45, 7) is 4.12. The Morgan fingerprint density at radius 1 is 1.37 bits per heavy atom. The van der Waals surface area contributed by atoms with Crippen LogP contribution in [0.1, 0.15) is 37.2 Å². The molecule has 0 bridgehead atoms. The molecule has 0 aliphatic heterocycles. The highest BCUT2D eigenvalue weighted by molar-refractivity contribution is 5.41. The molecule has 0 aliphatic carbocycles. The fourth-order valence-electron chi connectivity index (χ4n) is 2.01. The van der Waals surface area contributed by atoms with E-state index in [1.165, 1.54) is 0 Å². The summed E-state index contributed by atoms with van der Waals surface area (Å²) in [5, 5.41) is 3.98. The molecule has 1 heterocycles. The fraction of sp³-hybridized carbons (Fsp3) is 0.429. The van der Waals surface area contributed by atoms with Gasteiger partial charge in [-0.3, -0.25) is 0 Å². The number of hydrogen-bond acceptors (Lipinski definition) is 5. The van der Waals surface area contributed by atoms with E-state index in [9.17, 15) is 0 Å². The first-order chi connectivity index (χ1) is 9.10. The molecule has 1 unspecified atom stereocenters. The molecule has 0 saturated heterocycles. The lowest BCUT2D eigenvalue weighted by Crippen LogP contribution is -2.10. The van der Waals surface area contributed by atoms with E-state index in [-0.39, 0.29) is 6.10 Å². The molecule has 0 saturated carbocycles. The summed E-state index contributed by atoms with van der Waals surface area (Å²) >= 11 is 0. The normalized spacial score (nSPS) is 12.8. The summed E-state index contributed by atoms with van der Waals surface area (Å²) < 4.78 is 10.6. The number of nitrogens with two attached hydrogens (primary N) is 1. The summed E-state index contributed by atoms with van der Waals surface area (Å²) in [5.74, 6) is 1.46. The van der Waals surface area contributed by atoms with Crippen LogP contribution in [0.3, 0.4) is 0 Å². The Kier molecular flexibility index (Phi) is 4.16. The highest BCUT2D eigenvalue weighted by Crippen LogP contribution is 2.22. The van der Waals surface area contributed by atoms with Crippen LogP contribution in [0.25, 0.3) is 0 Å². The minimum atomic E-state index is -0.140. The lowest BCUT2D eigenvalue weighted by Gasteiger charge is -2.14. The number of aromatic nitrogens is 2. The Morgan fingerprint density at radius 3 is 2.79 bits per heavy atom. The summed E-state index contributed by atoms with van der Waals surface area (Å²) in [5.41, 5.74) is 7.52. The van der Waals surface area contributed by atoms with Crippen molar-refractivity contribution in [2.24, 2.45) is 5.92 Å². The van der Waals surface area contributed by atoms with E-state index in [0.29, 0.717) is 24.1 Å². The SMILES string of the molecule is COC(c1noc(Cc2cccc(N)c2)n1)C(C)C. The van der Waals surface area contributed by atoms with E-state index >= 15 is 0 Å². The van der Waals surface area contributed by atoms with E-state index < -0.39 is 0 Å². The van der Waals surface area contributed by atoms with Crippen LogP contribution in [0.5, 0.6) is 0 Å². The van der Waals surface area contributed by atoms with E-state index in [4.69, 9.17) is 15.0 Å². The monoisotopic (exact) mass is 261 g/mol. The van der Waals surface area contributed by atoms with Gasteiger partial charge in [-0.15, -0.1) is 0 Å². The van der Waals surface area contributed by atoms with Crippen LogP contribution in [-0.4, -0.2) is 17.3 Å². The van der Waals surface area contributed by atoms with E-state index in [1.54, 1.807) is 7.11 Å². The minimum Gasteiger partial charge on any atom is -0.399 e. The third-order valence-electron chi connectivity index (χ3n) is 2.90. The molecule has 0 spiro atoms. The molecule has 5 heteroatoms. The largest absolute Gasteiger partial charge is 0.399 e. The van der Waals surface area contributed by atoms with Crippen LogP contribution in [0, 0.1) is 5.92 Å². The maximum absolute atomic E-state index is 5.74. The summed E-state index contributed by atoms with van der Waals surface area (Å²) in [6, 6.07) is 7.65. The molecule has 0 fully saturated rings. The second-order valence-electron chi connectivity index (χ2n) is 4.87. The van der Waals surface area contributed by atoms with Crippen LogP contribution in [0.4, 0.5) is 5.69 Å². The van der Waals surface area contributed by atoms with Gasteiger partial charge in [0.25, 0.3) is 0 Å². The first-order valence-electron chi connectivity index (χ1n) is 6.30. The van der Waals surface area contributed by atoms with Crippen LogP contribution in [0.2, 0.25) is 0 Å². The van der Waals surface area contributed by atoms with Crippen molar-refractivity contribution in [3.05, 3.63) is 41.5 Å². The summed E-state index contributed by atoms with van der Waals surface area (Å²) in [7, 11) is 1.65. The Morgan fingerprint density at radius 2 is 2.16 bits per heavy atom. The van der Waals surface area contributed by atoms with Gasteiger partial charge in [0.1, 0.15) is 6.10 Å². The van der Waals surface area contributed by atoms with Crippen LogP contribution in [0.15, 0.2) is 28.8 Å². The molecule has 19 heavy (non-hydrogen) atoms. The van der Waals surface area contributed by atoms with Gasteiger partial charge in [-0.05, 0) is 23.6 Å². The zero-order valence-electron chi connectivity index (χ0n) is 11.5. The van der Waals surface area contributed by atoms with Gasteiger partial charge >= 0.3 is 0 Å². The number of hydrogen-bond donors (Lipinski definition) is 1. The topological polar surface area (TPSA) is 74.2 Å². The lowest BCUT2D eigenvalue weighted by atomic mass is 10.1. The third kappa shape index (κ3) is 3.32. The Balaban J connectivity index is 2.13. The molecule has 102 valence electrons. The number of nitrogen functional groups attached to an aromatic ring is 1.